The molecule has 0 aromatic carbocycles. The van der Waals surface area contributed by atoms with Crippen LogP contribution in [0.3, 0.4) is 0 Å². The van der Waals surface area contributed by atoms with E-state index in [-0.39, 0.29) is 13.1 Å². The summed E-state index contributed by atoms with van der Waals surface area (Å²) in [6.07, 6.45) is 2.47. The Bertz CT molecular complexity index is 309. The van der Waals surface area contributed by atoms with Gasteiger partial charge in [-0.1, -0.05) is 13.0 Å². The predicted molar refractivity (Wildman–Crippen MR) is 53.4 cm³/mol. The second-order valence-electron chi connectivity index (χ2n) is 3.11. The fourth-order valence-corrected chi connectivity index (χ4v) is 1.74. The van der Waals surface area contributed by atoms with Gasteiger partial charge in [-0.3, -0.25) is 4.79 Å². The van der Waals surface area contributed by atoms with Gasteiger partial charge in [0.2, 0.25) is 10.0 Å². The highest BCUT2D eigenvalue weighted by atomic mass is 32.2. The molecule has 0 bridgehead atoms. The number of sulfonamides is 1. The summed E-state index contributed by atoms with van der Waals surface area (Å²) in [4.78, 5) is 10.5. The van der Waals surface area contributed by atoms with Crippen LogP contribution in [0, 0.1) is 5.92 Å². The number of nitrogens with zero attached hydrogens (tertiary/aromatic N) is 1. The Morgan fingerprint density at radius 1 is 1.64 bits per heavy atom. The minimum Gasteiger partial charge on any atom is -0.481 e. The van der Waals surface area contributed by atoms with Crippen molar-refractivity contribution < 1.29 is 18.3 Å². The van der Waals surface area contributed by atoms with E-state index in [1.54, 1.807) is 0 Å². The van der Waals surface area contributed by atoms with Gasteiger partial charge in [-0.15, -0.1) is 6.58 Å². The molecule has 0 radical (unpaired) electrons. The van der Waals surface area contributed by atoms with Crippen LogP contribution in [-0.2, 0) is 14.8 Å². The Morgan fingerprint density at radius 3 is 2.43 bits per heavy atom. The minimum absolute atomic E-state index is 0.0276. The number of hydrogen-bond donors (Lipinski definition) is 1. The molecule has 0 spiro atoms. The van der Waals surface area contributed by atoms with Crippen molar-refractivity contribution in [2.75, 3.05) is 19.3 Å². The summed E-state index contributed by atoms with van der Waals surface area (Å²) in [6.45, 7) is 4.98. The largest absolute Gasteiger partial charge is 0.481 e. The third-order valence-electron chi connectivity index (χ3n) is 1.70. The summed E-state index contributed by atoms with van der Waals surface area (Å²) in [7, 11) is -3.36. The highest BCUT2D eigenvalue weighted by Crippen LogP contribution is 2.04. The van der Waals surface area contributed by atoms with Crippen LogP contribution in [0.5, 0.6) is 0 Å². The molecule has 0 aliphatic carbocycles. The Morgan fingerprint density at radius 2 is 2.14 bits per heavy atom. The summed E-state index contributed by atoms with van der Waals surface area (Å²) < 4.78 is 23.4. The Hall–Kier alpha value is -0.880. The lowest BCUT2D eigenvalue weighted by Crippen LogP contribution is -2.36. The lowest BCUT2D eigenvalue weighted by Gasteiger charge is -2.19. The zero-order valence-electron chi connectivity index (χ0n) is 8.30. The van der Waals surface area contributed by atoms with Gasteiger partial charge in [0.15, 0.2) is 0 Å². The number of carbonyl (C=O) groups is 1. The van der Waals surface area contributed by atoms with Gasteiger partial charge in [0, 0.05) is 13.1 Å². The smallest absolute Gasteiger partial charge is 0.307 e. The summed E-state index contributed by atoms with van der Waals surface area (Å²) >= 11 is 0. The third kappa shape index (κ3) is 4.38. The van der Waals surface area contributed by atoms with Crippen molar-refractivity contribution in [2.45, 2.75) is 6.92 Å². The lowest BCUT2D eigenvalue weighted by molar-refractivity contribution is -0.141. The zero-order chi connectivity index (χ0) is 11.4. The van der Waals surface area contributed by atoms with Gasteiger partial charge < -0.3 is 5.11 Å². The summed E-state index contributed by atoms with van der Waals surface area (Å²) in [6, 6.07) is 0. The van der Waals surface area contributed by atoms with Crippen molar-refractivity contribution >= 4 is 16.0 Å². The topological polar surface area (TPSA) is 74.7 Å². The van der Waals surface area contributed by atoms with E-state index in [0.717, 1.165) is 10.6 Å². The molecule has 0 aliphatic heterocycles. The van der Waals surface area contributed by atoms with E-state index in [1.165, 1.54) is 13.0 Å². The number of carboxylic acid groups (broad SMARTS) is 1. The van der Waals surface area contributed by atoms with Gasteiger partial charge in [-0.25, -0.2) is 8.42 Å². The lowest BCUT2D eigenvalue weighted by atomic mass is 10.2. The molecular formula is C8H15NO4S. The number of rotatable bonds is 6. The number of aliphatic carboxylic acids is 1. The second-order valence-corrected chi connectivity index (χ2v) is 5.09. The first-order valence-corrected chi connectivity index (χ1v) is 5.92. The molecule has 0 aromatic heterocycles. The molecule has 6 heteroatoms. The minimum atomic E-state index is -3.36. The van der Waals surface area contributed by atoms with Crippen molar-refractivity contribution in [1.82, 2.24) is 4.31 Å². The van der Waals surface area contributed by atoms with Crippen LogP contribution < -0.4 is 0 Å². The Labute approximate surface area is 84.1 Å². The van der Waals surface area contributed by atoms with Crippen LogP contribution in [-0.4, -0.2) is 43.1 Å². The van der Waals surface area contributed by atoms with Gasteiger partial charge >= 0.3 is 5.97 Å². The molecule has 82 valence electrons. The first-order chi connectivity index (χ1) is 6.29. The quantitative estimate of drug-likeness (QED) is 0.648. The van der Waals surface area contributed by atoms with Crippen molar-refractivity contribution in [3.63, 3.8) is 0 Å². The maximum atomic E-state index is 11.2. The van der Waals surface area contributed by atoms with Crippen LogP contribution in [0.25, 0.3) is 0 Å². The normalized spacial score (nSPS) is 13.9. The molecule has 0 aliphatic rings. The van der Waals surface area contributed by atoms with Crippen LogP contribution in [0.4, 0.5) is 0 Å². The molecule has 1 atom stereocenters. The Balaban J connectivity index is 4.54. The standard InChI is InChI=1S/C8H15NO4S/c1-4-5-9(14(3,12)13)6-7(2)8(10)11/h4,7H,1,5-6H2,2-3H3,(H,10,11). The van der Waals surface area contributed by atoms with Crippen molar-refractivity contribution in [3.8, 4) is 0 Å². The van der Waals surface area contributed by atoms with E-state index in [4.69, 9.17) is 5.11 Å². The summed E-state index contributed by atoms with van der Waals surface area (Å²) in [5.41, 5.74) is 0. The van der Waals surface area contributed by atoms with Crippen LogP contribution in [0.2, 0.25) is 0 Å². The van der Waals surface area contributed by atoms with Gasteiger partial charge in [-0.2, -0.15) is 4.31 Å². The molecule has 0 saturated heterocycles. The SMILES string of the molecule is C=CCN(CC(C)C(=O)O)S(C)(=O)=O. The van der Waals surface area contributed by atoms with Gasteiger partial charge in [0.25, 0.3) is 0 Å². The molecule has 1 N–H and O–H groups in total. The van der Waals surface area contributed by atoms with E-state index in [1.807, 2.05) is 0 Å². The third-order valence-corrected chi connectivity index (χ3v) is 2.94. The van der Waals surface area contributed by atoms with E-state index < -0.39 is 21.9 Å². The number of carboxylic acids is 1. The fourth-order valence-electron chi connectivity index (χ4n) is 0.873. The van der Waals surface area contributed by atoms with E-state index in [0.29, 0.717) is 0 Å². The first kappa shape index (κ1) is 13.1. The number of hydrogen-bond acceptors (Lipinski definition) is 3. The van der Waals surface area contributed by atoms with Gasteiger partial charge in [-0.05, 0) is 0 Å². The van der Waals surface area contributed by atoms with Crippen molar-refractivity contribution in [1.29, 1.82) is 0 Å². The average molecular weight is 221 g/mol. The van der Waals surface area contributed by atoms with Crippen LogP contribution in [0.15, 0.2) is 12.7 Å². The highest BCUT2D eigenvalue weighted by Gasteiger charge is 2.21. The van der Waals surface area contributed by atoms with Crippen molar-refractivity contribution in [2.24, 2.45) is 5.92 Å². The monoisotopic (exact) mass is 221 g/mol. The molecule has 14 heavy (non-hydrogen) atoms. The van der Waals surface area contributed by atoms with Gasteiger partial charge in [0.05, 0.1) is 12.2 Å². The predicted octanol–water partition coefficient (Wildman–Crippen LogP) is 0.155. The van der Waals surface area contributed by atoms with Crippen molar-refractivity contribution in [3.05, 3.63) is 12.7 Å². The first-order valence-electron chi connectivity index (χ1n) is 4.08. The summed E-state index contributed by atoms with van der Waals surface area (Å²) in [5.74, 6) is -1.73. The maximum Gasteiger partial charge on any atom is 0.307 e. The van der Waals surface area contributed by atoms with E-state index in [9.17, 15) is 13.2 Å². The molecule has 0 aromatic rings. The van der Waals surface area contributed by atoms with Gasteiger partial charge in [0.1, 0.15) is 0 Å². The molecule has 0 saturated carbocycles. The molecule has 0 rings (SSSR count). The fraction of sp³-hybridized carbons (Fsp3) is 0.625. The molecule has 5 nitrogen and oxygen atoms in total. The zero-order valence-corrected chi connectivity index (χ0v) is 9.12. The molecule has 0 heterocycles. The maximum absolute atomic E-state index is 11.2. The van der Waals surface area contributed by atoms with Crippen LogP contribution >= 0.6 is 0 Å². The van der Waals surface area contributed by atoms with Crippen LogP contribution in [0.1, 0.15) is 6.92 Å². The molecule has 0 amide bonds. The molecule has 0 fully saturated rings. The average Bonchev–Trinajstić information content (AvgIpc) is 2.01. The summed E-state index contributed by atoms with van der Waals surface area (Å²) in [5, 5.41) is 8.62. The Kier molecular flexibility index (Phi) is 4.79. The molecule has 1 unspecified atom stereocenters. The second kappa shape index (κ2) is 5.11. The van der Waals surface area contributed by atoms with E-state index >= 15 is 0 Å². The molecular weight excluding hydrogens is 206 g/mol. The van der Waals surface area contributed by atoms with E-state index in [2.05, 4.69) is 6.58 Å². The highest BCUT2D eigenvalue weighted by molar-refractivity contribution is 7.88.